The fourth-order valence-corrected chi connectivity index (χ4v) is 3.03. The smallest absolute Gasteiger partial charge is 0.335 e. The Morgan fingerprint density at radius 2 is 2.11 bits per heavy atom. The van der Waals surface area contributed by atoms with E-state index in [1.54, 1.807) is 12.1 Å². The van der Waals surface area contributed by atoms with E-state index in [4.69, 9.17) is 5.11 Å². The van der Waals surface area contributed by atoms with Crippen molar-refractivity contribution in [3.05, 3.63) is 29.6 Å². The number of hydrogen-bond donors (Lipinski definition) is 1. The van der Waals surface area contributed by atoms with E-state index < -0.39 is 5.97 Å². The van der Waals surface area contributed by atoms with Crippen LogP contribution in [-0.2, 0) is 5.54 Å². The number of carbonyl (C=O) groups is 1. The van der Waals surface area contributed by atoms with Gasteiger partial charge in [-0.25, -0.2) is 9.78 Å². The van der Waals surface area contributed by atoms with Gasteiger partial charge >= 0.3 is 5.97 Å². The number of aryl methyl sites for hydroxylation is 1. The zero-order valence-corrected chi connectivity index (χ0v) is 11.5. The van der Waals surface area contributed by atoms with Crippen LogP contribution in [0.1, 0.15) is 42.9 Å². The molecule has 4 nitrogen and oxygen atoms in total. The maximum atomic E-state index is 11.0. The van der Waals surface area contributed by atoms with Gasteiger partial charge in [0.15, 0.2) is 0 Å². The minimum atomic E-state index is -0.907. The van der Waals surface area contributed by atoms with Crippen molar-refractivity contribution in [2.24, 2.45) is 5.92 Å². The zero-order chi connectivity index (χ0) is 13.8. The van der Waals surface area contributed by atoms with E-state index in [1.165, 1.54) is 12.8 Å². The van der Waals surface area contributed by atoms with Crippen molar-refractivity contribution >= 4 is 17.0 Å². The van der Waals surface area contributed by atoms with Crippen LogP contribution in [0, 0.1) is 12.8 Å². The topological polar surface area (TPSA) is 55.1 Å². The predicted molar refractivity (Wildman–Crippen MR) is 73.5 cm³/mol. The fraction of sp³-hybridized carbons (Fsp3) is 0.467. The van der Waals surface area contributed by atoms with Gasteiger partial charge in [0.25, 0.3) is 0 Å². The van der Waals surface area contributed by atoms with Gasteiger partial charge in [-0.3, -0.25) is 0 Å². The van der Waals surface area contributed by atoms with Gasteiger partial charge in [-0.2, -0.15) is 0 Å². The summed E-state index contributed by atoms with van der Waals surface area (Å²) >= 11 is 0. The first kappa shape index (κ1) is 12.2. The third kappa shape index (κ3) is 1.82. The third-order valence-corrected chi connectivity index (χ3v) is 4.22. The Labute approximate surface area is 112 Å². The summed E-state index contributed by atoms with van der Waals surface area (Å²) in [6, 6.07) is 5.19. The minimum absolute atomic E-state index is 0.0452. The predicted octanol–water partition coefficient (Wildman–Crippen LogP) is 3.19. The Bertz CT molecular complexity index is 666. The molecule has 2 aromatic rings. The molecule has 100 valence electrons. The largest absolute Gasteiger partial charge is 0.478 e. The molecule has 1 aliphatic carbocycles. The standard InChI is InChI=1S/C15H18N2O2/c1-9-16-12-8-10(14(18)19)4-7-13(12)17(9)15(2,3)11-5-6-11/h4,7-8,11H,5-6H2,1-3H3,(H,18,19). The molecule has 1 aliphatic rings. The number of carboxylic acids is 1. The average Bonchev–Trinajstić information content (AvgIpc) is 3.11. The molecule has 0 unspecified atom stereocenters. The Kier molecular flexibility index (Phi) is 2.46. The first-order valence-corrected chi connectivity index (χ1v) is 6.64. The molecule has 0 saturated heterocycles. The summed E-state index contributed by atoms with van der Waals surface area (Å²) in [7, 11) is 0. The van der Waals surface area contributed by atoms with Gasteiger partial charge in [-0.05, 0) is 57.7 Å². The van der Waals surface area contributed by atoms with Crippen LogP contribution in [0.3, 0.4) is 0 Å². The highest BCUT2D eigenvalue weighted by Gasteiger charge is 2.40. The van der Waals surface area contributed by atoms with E-state index in [1.807, 2.05) is 13.0 Å². The number of hydrogen-bond acceptors (Lipinski definition) is 2. The molecule has 0 bridgehead atoms. The van der Waals surface area contributed by atoms with E-state index in [9.17, 15) is 4.79 Å². The highest BCUT2D eigenvalue weighted by atomic mass is 16.4. The summed E-state index contributed by atoms with van der Waals surface area (Å²) in [5.74, 6) is 0.743. The van der Waals surface area contributed by atoms with Crippen LogP contribution >= 0.6 is 0 Å². The van der Waals surface area contributed by atoms with Crippen molar-refractivity contribution < 1.29 is 9.90 Å². The fourth-order valence-electron chi connectivity index (χ4n) is 3.03. The molecule has 1 saturated carbocycles. The molecule has 1 aromatic carbocycles. The maximum absolute atomic E-state index is 11.0. The van der Waals surface area contributed by atoms with Crippen molar-refractivity contribution in [1.29, 1.82) is 0 Å². The monoisotopic (exact) mass is 258 g/mol. The van der Waals surface area contributed by atoms with Gasteiger partial charge in [0.2, 0.25) is 0 Å². The molecule has 0 spiro atoms. The number of rotatable bonds is 3. The van der Waals surface area contributed by atoms with E-state index >= 15 is 0 Å². The number of aromatic carboxylic acids is 1. The first-order chi connectivity index (χ1) is 8.91. The van der Waals surface area contributed by atoms with Crippen molar-refractivity contribution in [2.75, 3.05) is 0 Å². The van der Waals surface area contributed by atoms with Gasteiger partial charge in [-0.15, -0.1) is 0 Å². The third-order valence-electron chi connectivity index (χ3n) is 4.22. The molecular formula is C15H18N2O2. The second kappa shape index (κ2) is 3.83. The molecule has 3 rings (SSSR count). The summed E-state index contributed by atoms with van der Waals surface area (Å²) in [6.07, 6.45) is 2.53. The van der Waals surface area contributed by atoms with Gasteiger partial charge in [0, 0.05) is 5.54 Å². The lowest BCUT2D eigenvalue weighted by molar-refractivity contribution is 0.0697. The van der Waals surface area contributed by atoms with Gasteiger partial charge in [0.05, 0.1) is 16.6 Å². The van der Waals surface area contributed by atoms with E-state index in [0.717, 1.165) is 16.9 Å². The number of carboxylic acid groups (broad SMARTS) is 1. The number of fused-ring (bicyclic) bond motifs is 1. The van der Waals surface area contributed by atoms with Crippen molar-refractivity contribution in [3.8, 4) is 0 Å². The van der Waals surface area contributed by atoms with E-state index in [2.05, 4.69) is 23.4 Å². The van der Waals surface area contributed by atoms with Crippen LogP contribution in [0.5, 0.6) is 0 Å². The summed E-state index contributed by atoms with van der Waals surface area (Å²) in [5.41, 5.74) is 2.13. The maximum Gasteiger partial charge on any atom is 0.335 e. The minimum Gasteiger partial charge on any atom is -0.478 e. The molecule has 1 fully saturated rings. The number of nitrogens with zero attached hydrogens (tertiary/aromatic N) is 2. The lowest BCUT2D eigenvalue weighted by Gasteiger charge is -2.29. The molecule has 1 aromatic heterocycles. The van der Waals surface area contributed by atoms with Gasteiger partial charge in [-0.1, -0.05) is 0 Å². The second-order valence-corrected chi connectivity index (χ2v) is 5.93. The number of benzene rings is 1. The molecule has 0 amide bonds. The summed E-state index contributed by atoms with van der Waals surface area (Å²) < 4.78 is 2.26. The van der Waals surface area contributed by atoms with Crippen LogP contribution in [0.2, 0.25) is 0 Å². The zero-order valence-electron chi connectivity index (χ0n) is 11.5. The lowest BCUT2D eigenvalue weighted by atomic mass is 9.97. The Morgan fingerprint density at radius 1 is 1.42 bits per heavy atom. The van der Waals surface area contributed by atoms with Crippen LogP contribution in [-0.4, -0.2) is 20.6 Å². The van der Waals surface area contributed by atoms with Crippen molar-refractivity contribution in [2.45, 2.75) is 39.2 Å². The molecule has 0 atom stereocenters. The average molecular weight is 258 g/mol. The molecule has 4 heteroatoms. The van der Waals surface area contributed by atoms with Crippen molar-refractivity contribution in [1.82, 2.24) is 9.55 Å². The van der Waals surface area contributed by atoms with E-state index in [-0.39, 0.29) is 5.54 Å². The second-order valence-electron chi connectivity index (χ2n) is 5.93. The van der Waals surface area contributed by atoms with Crippen LogP contribution in [0.15, 0.2) is 18.2 Å². The number of aromatic nitrogens is 2. The first-order valence-electron chi connectivity index (χ1n) is 6.64. The SMILES string of the molecule is Cc1nc2cc(C(=O)O)ccc2n1C(C)(C)C1CC1. The molecule has 0 radical (unpaired) electrons. The van der Waals surface area contributed by atoms with E-state index in [0.29, 0.717) is 11.5 Å². The quantitative estimate of drug-likeness (QED) is 0.919. The Balaban J connectivity index is 2.20. The molecule has 19 heavy (non-hydrogen) atoms. The molecule has 1 heterocycles. The molecular weight excluding hydrogens is 240 g/mol. The summed E-state index contributed by atoms with van der Waals surface area (Å²) in [4.78, 5) is 15.5. The summed E-state index contributed by atoms with van der Waals surface area (Å²) in [5, 5.41) is 9.04. The lowest BCUT2D eigenvalue weighted by Crippen LogP contribution is -2.29. The van der Waals surface area contributed by atoms with Crippen molar-refractivity contribution in [3.63, 3.8) is 0 Å². The Morgan fingerprint density at radius 3 is 2.68 bits per heavy atom. The van der Waals surface area contributed by atoms with Crippen LogP contribution in [0.4, 0.5) is 0 Å². The number of imidazole rings is 1. The van der Waals surface area contributed by atoms with Gasteiger partial charge < -0.3 is 9.67 Å². The van der Waals surface area contributed by atoms with Gasteiger partial charge in [0.1, 0.15) is 5.82 Å². The normalized spacial score (nSPS) is 15.9. The Hall–Kier alpha value is -1.84. The van der Waals surface area contributed by atoms with Crippen LogP contribution < -0.4 is 0 Å². The van der Waals surface area contributed by atoms with Crippen LogP contribution in [0.25, 0.3) is 11.0 Å². The highest BCUT2D eigenvalue weighted by Crippen LogP contribution is 2.45. The summed E-state index contributed by atoms with van der Waals surface area (Å²) in [6.45, 7) is 6.47. The highest BCUT2D eigenvalue weighted by molar-refractivity contribution is 5.92. The molecule has 0 aliphatic heterocycles. The molecule has 1 N–H and O–H groups in total.